The van der Waals surface area contributed by atoms with Crippen molar-refractivity contribution in [3.8, 4) is 22.2 Å². The lowest BCUT2D eigenvalue weighted by molar-refractivity contribution is -0.141. The Balaban J connectivity index is 1.25. The molecule has 4 amide bonds. The molecule has 1 aromatic carbocycles. The molecule has 324 valence electrons. The van der Waals surface area contributed by atoms with Gasteiger partial charge in [0.05, 0.1) is 30.1 Å². The number of amides is 4. The second-order valence-corrected chi connectivity index (χ2v) is 20.5. The van der Waals surface area contributed by atoms with Gasteiger partial charge in [0.1, 0.15) is 51.5 Å². The first-order valence-electron chi connectivity index (χ1n) is 20.8. The van der Waals surface area contributed by atoms with Crippen LogP contribution in [0.3, 0.4) is 0 Å². The number of nitrogens with zero attached hydrogens (tertiary/aromatic N) is 3. The number of benzene rings is 1. The van der Waals surface area contributed by atoms with E-state index in [1.165, 1.54) is 16.2 Å². The minimum absolute atomic E-state index is 0.0228. The van der Waals surface area contributed by atoms with E-state index in [1.807, 2.05) is 42.7 Å². The van der Waals surface area contributed by atoms with Crippen LogP contribution in [0.5, 0.6) is 11.5 Å². The monoisotopic (exact) mass is 864 g/mol. The van der Waals surface area contributed by atoms with Crippen molar-refractivity contribution in [3.63, 3.8) is 0 Å². The third-order valence-corrected chi connectivity index (χ3v) is 14.2. The van der Waals surface area contributed by atoms with Crippen molar-refractivity contribution < 1.29 is 41.8 Å². The van der Waals surface area contributed by atoms with E-state index in [1.54, 1.807) is 27.9 Å². The normalized spacial score (nSPS) is 25.6. The topological polar surface area (TPSA) is 195 Å². The number of alkyl carbamates (subject to hydrolysis) is 1. The van der Waals surface area contributed by atoms with Crippen LogP contribution in [0.4, 0.5) is 4.79 Å². The molecule has 2 saturated carbocycles. The standard InChI is InChI=1S/C43H56N6O9S2/c1-24(2)32-23-59-38(45-32)31-20-35(29-17-18-34(56-7)25(3)36(29)44-31)57-27-19-33-37(50)47-43(40(52)48-60(54,55)28-15-16-28)21-26(43)13-11-9-8-10-12-14-30(39(51)49(33)22-27)46-41(53)58-42(4,5)6/h11,13,17-18,20,23-24,26-28,30,33H,8-10,12,14-16,19,21-22H2,1-7H3,(H,46,53)(H,47,50)(H,48,52)/b13-11-/t26-,27+,30-,33-,43+/m0/s1. The molecule has 1 saturated heterocycles. The van der Waals surface area contributed by atoms with Gasteiger partial charge in [-0.1, -0.05) is 38.8 Å². The first kappa shape index (κ1) is 43.3. The van der Waals surface area contributed by atoms with Crippen molar-refractivity contribution in [3.05, 3.63) is 47.0 Å². The molecule has 2 aromatic heterocycles. The summed E-state index contributed by atoms with van der Waals surface area (Å²) < 4.78 is 46.1. The van der Waals surface area contributed by atoms with Gasteiger partial charge in [-0.3, -0.25) is 19.1 Å². The molecular formula is C43H56N6O9S2. The highest BCUT2D eigenvalue weighted by Crippen LogP contribution is 2.46. The molecule has 60 heavy (non-hydrogen) atoms. The Morgan fingerprint density at radius 3 is 2.52 bits per heavy atom. The lowest BCUT2D eigenvalue weighted by Crippen LogP contribution is -2.58. The lowest BCUT2D eigenvalue weighted by Gasteiger charge is -2.30. The van der Waals surface area contributed by atoms with E-state index < -0.39 is 74.3 Å². The van der Waals surface area contributed by atoms with E-state index in [2.05, 4.69) is 29.2 Å². The summed E-state index contributed by atoms with van der Waals surface area (Å²) in [6.45, 7) is 11.2. The fourth-order valence-electron chi connectivity index (χ4n) is 7.95. The number of thiazole rings is 1. The Labute approximate surface area is 355 Å². The van der Waals surface area contributed by atoms with Crippen LogP contribution in [0.1, 0.15) is 110 Å². The second-order valence-electron chi connectivity index (χ2n) is 17.7. The molecule has 15 nitrogen and oxygen atoms in total. The van der Waals surface area contributed by atoms with Crippen LogP contribution < -0.4 is 24.8 Å². The molecular weight excluding hydrogens is 809 g/mol. The minimum atomic E-state index is -3.91. The fraction of sp³-hybridized carbons (Fsp3) is 0.581. The number of allylic oxidation sites excluding steroid dienone is 1. The number of nitrogens with one attached hydrogen (secondary N) is 3. The van der Waals surface area contributed by atoms with Gasteiger partial charge in [0, 0.05) is 34.7 Å². The maximum absolute atomic E-state index is 14.7. The number of sulfonamides is 1. The predicted molar refractivity (Wildman–Crippen MR) is 227 cm³/mol. The number of carbonyl (C=O) groups excluding carboxylic acids is 4. The number of hydrogen-bond acceptors (Lipinski definition) is 12. The van der Waals surface area contributed by atoms with Gasteiger partial charge in [-0.2, -0.15) is 0 Å². The summed E-state index contributed by atoms with van der Waals surface area (Å²) >= 11 is 1.48. The molecule has 4 aliphatic rings. The van der Waals surface area contributed by atoms with Gasteiger partial charge in [0.25, 0.3) is 5.91 Å². The maximum atomic E-state index is 14.7. The average Bonchev–Trinajstić information content (AvgIpc) is 4.05. The van der Waals surface area contributed by atoms with E-state index in [-0.39, 0.29) is 25.3 Å². The number of aromatic nitrogens is 2. The number of aryl methyl sites for hydroxylation is 1. The van der Waals surface area contributed by atoms with E-state index in [9.17, 15) is 27.6 Å². The van der Waals surface area contributed by atoms with Crippen molar-refractivity contribution in [2.45, 2.75) is 140 Å². The molecule has 0 spiro atoms. The third-order valence-electron chi connectivity index (χ3n) is 11.5. The highest BCUT2D eigenvalue weighted by atomic mass is 32.2. The van der Waals surface area contributed by atoms with Crippen LogP contribution >= 0.6 is 11.3 Å². The lowest BCUT2D eigenvalue weighted by atomic mass is 10.0. The number of rotatable bonds is 9. The van der Waals surface area contributed by atoms with Crippen LogP contribution in [-0.4, -0.2) is 95.3 Å². The van der Waals surface area contributed by atoms with E-state index in [0.717, 1.165) is 24.1 Å². The quantitative estimate of drug-likeness (QED) is 0.212. The predicted octanol–water partition coefficient (Wildman–Crippen LogP) is 6.04. The minimum Gasteiger partial charge on any atom is -0.496 e. The Morgan fingerprint density at radius 1 is 1.07 bits per heavy atom. The van der Waals surface area contributed by atoms with Gasteiger partial charge in [-0.25, -0.2) is 23.2 Å². The molecule has 0 radical (unpaired) electrons. The number of ether oxygens (including phenoxy) is 3. The van der Waals surface area contributed by atoms with Crippen LogP contribution in [0.2, 0.25) is 0 Å². The summed E-state index contributed by atoms with van der Waals surface area (Å²) in [5.74, 6) is -1.02. The average molecular weight is 865 g/mol. The Hall–Kier alpha value is -4.77. The van der Waals surface area contributed by atoms with Crippen molar-refractivity contribution >= 4 is 56.1 Å². The number of pyridine rings is 1. The largest absolute Gasteiger partial charge is 0.496 e. The van der Waals surface area contributed by atoms with Crippen LogP contribution in [0.25, 0.3) is 21.6 Å². The summed E-state index contributed by atoms with van der Waals surface area (Å²) in [5, 5.41) is 8.46. The number of fused-ring (bicyclic) bond motifs is 3. The van der Waals surface area contributed by atoms with Crippen molar-refractivity contribution in [1.82, 2.24) is 30.2 Å². The summed E-state index contributed by atoms with van der Waals surface area (Å²) in [6.07, 6.45) is 6.67. The molecule has 3 aromatic rings. The highest BCUT2D eigenvalue weighted by molar-refractivity contribution is 7.91. The smallest absolute Gasteiger partial charge is 0.408 e. The molecule has 0 bridgehead atoms. The Kier molecular flexibility index (Phi) is 12.2. The second kappa shape index (κ2) is 16.9. The van der Waals surface area contributed by atoms with Crippen molar-refractivity contribution in [1.29, 1.82) is 0 Å². The summed E-state index contributed by atoms with van der Waals surface area (Å²) in [4.78, 5) is 67.6. The van der Waals surface area contributed by atoms with E-state index in [0.29, 0.717) is 65.2 Å². The maximum Gasteiger partial charge on any atom is 0.408 e. The Bertz CT molecular complexity index is 2300. The summed E-state index contributed by atoms with van der Waals surface area (Å²) in [7, 11) is -2.32. The van der Waals surface area contributed by atoms with Gasteiger partial charge < -0.3 is 29.7 Å². The molecule has 4 heterocycles. The van der Waals surface area contributed by atoms with E-state index in [4.69, 9.17) is 24.2 Å². The molecule has 2 aliphatic heterocycles. The number of hydrogen-bond donors (Lipinski definition) is 3. The molecule has 3 N–H and O–H groups in total. The molecule has 0 unspecified atom stereocenters. The van der Waals surface area contributed by atoms with Crippen LogP contribution in [-0.2, 0) is 29.1 Å². The van der Waals surface area contributed by atoms with Gasteiger partial charge in [0.15, 0.2) is 0 Å². The van der Waals surface area contributed by atoms with Crippen LogP contribution in [0.15, 0.2) is 35.7 Å². The third kappa shape index (κ3) is 9.41. The molecule has 3 fully saturated rings. The molecule has 2 aliphatic carbocycles. The van der Waals surface area contributed by atoms with Crippen molar-refractivity contribution in [2.24, 2.45) is 5.92 Å². The van der Waals surface area contributed by atoms with Gasteiger partial charge in [-0.15, -0.1) is 11.3 Å². The van der Waals surface area contributed by atoms with Gasteiger partial charge >= 0.3 is 6.09 Å². The van der Waals surface area contributed by atoms with Crippen molar-refractivity contribution in [2.75, 3.05) is 13.7 Å². The first-order chi connectivity index (χ1) is 28.4. The summed E-state index contributed by atoms with van der Waals surface area (Å²) in [6, 6.07) is 3.37. The SMILES string of the molecule is COc1ccc2c(O[C@@H]3C[C@H]4C(=O)N[C@]5(C(=O)NS(=O)(=O)C6CC6)C[C@@H]5/C=C\CCCCC[C@H](NC(=O)OC(C)(C)C)C(=O)N4C3)cc(-c3nc(C(C)C)cs3)nc2c1C. The number of methoxy groups -OCH3 is 1. The molecule has 7 rings (SSSR count). The zero-order valence-electron chi connectivity index (χ0n) is 35.3. The first-order valence-corrected chi connectivity index (χ1v) is 23.3. The number of carbonyl (C=O) groups is 4. The Morgan fingerprint density at radius 2 is 1.83 bits per heavy atom. The van der Waals surface area contributed by atoms with Gasteiger partial charge in [0.2, 0.25) is 21.8 Å². The van der Waals surface area contributed by atoms with Crippen LogP contribution in [0, 0.1) is 12.8 Å². The fourth-order valence-corrected chi connectivity index (χ4v) is 10.3. The van der Waals surface area contributed by atoms with Gasteiger partial charge in [-0.05, 0) is 84.3 Å². The zero-order valence-corrected chi connectivity index (χ0v) is 37.0. The molecule has 5 atom stereocenters. The molecule has 17 heteroatoms. The highest BCUT2D eigenvalue weighted by Gasteiger charge is 2.62. The zero-order chi connectivity index (χ0) is 43.1. The van der Waals surface area contributed by atoms with E-state index >= 15 is 0 Å². The summed E-state index contributed by atoms with van der Waals surface area (Å²) in [5.41, 5.74) is 0.635.